The SMILES string of the molecule is CC(C)c1ccc2c(c1)CCN(C)C21CC1.CCc1ccc2c(c1)CCN(CC)C21CC1. The quantitative estimate of drug-likeness (QED) is 0.556. The summed E-state index contributed by atoms with van der Waals surface area (Å²) in [7, 11) is 2.28. The van der Waals surface area contributed by atoms with Gasteiger partial charge in [0.15, 0.2) is 0 Å². The topological polar surface area (TPSA) is 6.48 Å². The first-order valence-corrected chi connectivity index (χ1v) is 13.2. The number of hydrogen-bond acceptors (Lipinski definition) is 2. The molecule has 2 aliphatic heterocycles. The molecule has 0 N–H and O–H groups in total. The molecule has 0 atom stereocenters. The summed E-state index contributed by atoms with van der Waals surface area (Å²) in [6.45, 7) is 12.8. The van der Waals surface area contributed by atoms with Crippen molar-refractivity contribution in [1.82, 2.24) is 9.80 Å². The molecule has 2 aliphatic carbocycles. The Morgan fingerprint density at radius 2 is 1.44 bits per heavy atom. The molecule has 2 aromatic carbocycles. The van der Waals surface area contributed by atoms with Gasteiger partial charge in [-0.2, -0.15) is 0 Å². The lowest BCUT2D eigenvalue weighted by atomic mass is 9.87. The minimum atomic E-state index is 0.434. The lowest BCUT2D eigenvalue weighted by Gasteiger charge is -2.37. The van der Waals surface area contributed by atoms with Gasteiger partial charge in [-0.3, -0.25) is 9.80 Å². The summed E-state index contributed by atoms with van der Waals surface area (Å²) in [4.78, 5) is 5.24. The summed E-state index contributed by atoms with van der Waals surface area (Å²) in [5.41, 5.74) is 10.4. The highest BCUT2D eigenvalue weighted by Crippen LogP contribution is 2.54. The third kappa shape index (κ3) is 3.64. The fourth-order valence-corrected chi connectivity index (χ4v) is 6.44. The van der Waals surface area contributed by atoms with E-state index < -0.39 is 0 Å². The molecule has 2 fully saturated rings. The Morgan fingerprint density at radius 3 is 2.06 bits per heavy atom. The molecule has 2 aromatic rings. The molecule has 2 heteroatoms. The minimum Gasteiger partial charge on any atom is -0.296 e. The number of rotatable bonds is 3. The van der Waals surface area contributed by atoms with E-state index in [-0.39, 0.29) is 0 Å². The third-order valence-corrected chi connectivity index (χ3v) is 8.91. The van der Waals surface area contributed by atoms with Crippen molar-refractivity contribution in [1.29, 1.82) is 0 Å². The summed E-state index contributed by atoms with van der Waals surface area (Å²) < 4.78 is 0. The predicted octanol–water partition coefficient (Wildman–Crippen LogP) is 6.40. The van der Waals surface area contributed by atoms with Crippen molar-refractivity contribution >= 4 is 0 Å². The molecule has 0 aromatic heterocycles. The van der Waals surface area contributed by atoms with Crippen molar-refractivity contribution in [3.05, 3.63) is 69.8 Å². The second-order valence-electron chi connectivity index (χ2n) is 11.0. The molecule has 2 heterocycles. The van der Waals surface area contributed by atoms with Gasteiger partial charge in [-0.15, -0.1) is 0 Å². The van der Waals surface area contributed by atoms with Crippen molar-refractivity contribution in [2.24, 2.45) is 0 Å². The first-order valence-electron chi connectivity index (χ1n) is 13.2. The second kappa shape index (κ2) is 8.29. The van der Waals surface area contributed by atoms with Crippen LogP contribution in [0.4, 0.5) is 0 Å². The summed E-state index contributed by atoms with van der Waals surface area (Å²) in [5.74, 6) is 0.653. The van der Waals surface area contributed by atoms with Crippen molar-refractivity contribution < 1.29 is 0 Å². The van der Waals surface area contributed by atoms with E-state index in [0.29, 0.717) is 17.0 Å². The van der Waals surface area contributed by atoms with Gasteiger partial charge in [0.2, 0.25) is 0 Å². The molecule has 0 radical (unpaired) electrons. The van der Waals surface area contributed by atoms with E-state index in [2.05, 4.69) is 80.9 Å². The van der Waals surface area contributed by atoms with Gasteiger partial charge in [0.25, 0.3) is 0 Å². The van der Waals surface area contributed by atoms with E-state index in [0.717, 1.165) is 6.42 Å². The van der Waals surface area contributed by atoms with Gasteiger partial charge in [-0.25, -0.2) is 0 Å². The number of fused-ring (bicyclic) bond motifs is 4. The van der Waals surface area contributed by atoms with Crippen LogP contribution in [0.2, 0.25) is 0 Å². The Bertz CT molecular complexity index is 980. The Morgan fingerprint density at radius 1 is 0.812 bits per heavy atom. The van der Waals surface area contributed by atoms with E-state index in [4.69, 9.17) is 0 Å². The monoisotopic (exact) mass is 430 g/mol. The first kappa shape index (κ1) is 22.2. The number of aryl methyl sites for hydroxylation is 1. The van der Waals surface area contributed by atoms with Crippen LogP contribution in [0.25, 0.3) is 0 Å². The van der Waals surface area contributed by atoms with E-state index in [1.54, 1.807) is 22.3 Å². The largest absolute Gasteiger partial charge is 0.296 e. The van der Waals surface area contributed by atoms with Gasteiger partial charge in [0.1, 0.15) is 0 Å². The highest BCUT2D eigenvalue weighted by molar-refractivity contribution is 5.44. The molecular formula is C30H42N2. The molecule has 172 valence electrons. The zero-order chi connectivity index (χ0) is 22.5. The molecule has 2 saturated carbocycles. The van der Waals surface area contributed by atoms with Crippen LogP contribution in [0.5, 0.6) is 0 Å². The van der Waals surface area contributed by atoms with Gasteiger partial charge in [-0.05, 0) is 97.8 Å². The molecule has 0 unspecified atom stereocenters. The van der Waals surface area contributed by atoms with Gasteiger partial charge in [0.05, 0.1) is 0 Å². The molecule has 2 nitrogen and oxygen atoms in total. The lowest BCUT2D eigenvalue weighted by molar-refractivity contribution is 0.173. The average molecular weight is 431 g/mol. The smallest absolute Gasteiger partial charge is 0.0465 e. The maximum Gasteiger partial charge on any atom is 0.0465 e. The van der Waals surface area contributed by atoms with E-state index >= 15 is 0 Å². The van der Waals surface area contributed by atoms with Crippen LogP contribution in [-0.4, -0.2) is 36.5 Å². The first-order chi connectivity index (χ1) is 15.4. The maximum atomic E-state index is 2.68. The molecule has 2 spiro atoms. The Hall–Kier alpha value is -1.64. The molecule has 0 amide bonds. The van der Waals surface area contributed by atoms with Crippen LogP contribution in [0.1, 0.15) is 92.7 Å². The Balaban J connectivity index is 0.000000135. The molecular weight excluding hydrogens is 388 g/mol. The summed E-state index contributed by atoms with van der Waals surface area (Å²) in [6.07, 6.45) is 9.11. The number of nitrogens with zero attached hydrogens (tertiary/aromatic N) is 2. The van der Waals surface area contributed by atoms with Crippen molar-refractivity contribution in [2.45, 2.75) is 89.6 Å². The third-order valence-electron chi connectivity index (χ3n) is 8.91. The maximum absolute atomic E-state index is 2.68. The summed E-state index contributed by atoms with van der Waals surface area (Å²) in [5, 5.41) is 0. The number of benzene rings is 2. The van der Waals surface area contributed by atoms with Crippen LogP contribution < -0.4 is 0 Å². The summed E-state index contributed by atoms with van der Waals surface area (Å²) in [6, 6.07) is 14.4. The predicted molar refractivity (Wildman–Crippen MR) is 135 cm³/mol. The van der Waals surface area contributed by atoms with Gasteiger partial charge in [-0.1, -0.05) is 64.1 Å². The van der Waals surface area contributed by atoms with Crippen LogP contribution in [0.3, 0.4) is 0 Å². The van der Waals surface area contributed by atoms with Gasteiger partial charge in [0, 0.05) is 24.2 Å². The molecule has 4 aliphatic rings. The number of likely N-dealkylation sites (N-methyl/N-ethyl adjacent to an activating group) is 2. The molecule has 0 saturated heterocycles. The second-order valence-corrected chi connectivity index (χ2v) is 11.0. The Kier molecular flexibility index (Phi) is 5.75. The zero-order valence-corrected chi connectivity index (χ0v) is 21.0. The summed E-state index contributed by atoms with van der Waals surface area (Å²) >= 11 is 0. The van der Waals surface area contributed by atoms with Crippen LogP contribution in [0.15, 0.2) is 36.4 Å². The van der Waals surface area contributed by atoms with Crippen molar-refractivity contribution in [3.63, 3.8) is 0 Å². The lowest BCUT2D eigenvalue weighted by Crippen LogP contribution is -2.41. The van der Waals surface area contributed by atoms with Crippen LogP contribution >= 0.6 is 0 Å². The minimum absolute atomic E-state index is 0.434. The van der Waals surface area contributed by atoms with Gasteiger partial charge < -0.3 is 0 Å². The van der Waals surface area contributed by atoms with Gasteiger partial charge >= 0.3 is 0 Å². The molecule has 6 rings (SSSR count). The number of hydrogen-bond donors (Lipinski definition) is 0. The highest BCUT2D eigenvalue weighted by atomic mass is 15.2. The van der Waals surface area contributed by atoms with E-state index in [9.17, 15) is 0 Å². The van der Waals surface area contributed by atoms with Crippen molar-refractivity contribution in [2.75, 3.05) is 26.7 Å². The zero-order valence-electron chi connectivity index (χ0n) is 21.0. The standard InChI is InChI=1S/2C15H21N/c1-11(2)12-4-5-14-13(10-12)6-9-16(3)15(14)7-8-15;1-3-12-5-6-14-13(11-12)7-10-16(4-2)15(14)8-9-15/h4-5,10-11H,6-9H2,1-3H3;5-6,11H,3-4,7-10H2,1-2H3. The fourth-order valence-electron chi connectivity index (χ4n) is 6.44. The van der Waals surface area contributed by atoms with Crippen molar-refractivity contribution in [3.8, 4) is 0 Å². The molecule has 0 bridgehead atoms. The normalized spacial score (nSPS) is 22.3. The van der Waals surface area contributed by atoms with E-state index in [1.165, 1.54) is 69.3 Å². The highest BCUT2D eigenvalue weighted by Gasteiger charge is 2.51. The Labute approximate surface area is 196 Å². The fraction of sp³-hybridized carbons (Fsp3) is 0.600. The average Bonchev–Trinajstić information content (AvgIpc) is 3.74. The molecule has 32 heavy (non-hydrogen) atoms. The van der Waals surface area contributed by atoms with E-state index in [1.807, 2.05) is 0 Å². The van der Waals surface area contributed by atoms with Crippen LogP contribution in [-0.2, 0) is 30.3 Å². The van der Waals surface area contributed by atoms with Crippen LogP contribution in [0, 0.1) is 0 Å².